The summed E-state index contributed by atoms with van der Waals surface area (Å²) in [6.07, 6.45) is 3.41. The van der Waals surface area contributed by atoms with E-state index >= 15 is 0 Å². The fourth-order valence-electron chi connectivity index (χ4n) is 3.59. The number of para-hydroxylation sites is 1. The van der Waals surface area contributed by atoms with Gasteiger partial charge in [-0.15, -0.1) is 0 Å². The lowest BCUT2D eigenvalue weighted by Crippen LogP contribution is -2.37. The third-order valence-electron chi connectivity index (χ3n) is 5.30. The van der Waals surface area contributed by atoms with Crippen molar-refractivity contribution in [2.45, 2.75) is 24.3 Å². The summed E-state index contributed by atoms with van der Waals surface area (Å²) >= 11 is 0. The number of hydrogen-bond donors (Lipinski definition) is 4. The van der Waals surface area contributed by atoms with Gasteiger partial charge >= 0.3 is 0 Å². The molecule has 9 nitrogen and oxygen atoms in total. The number of sulfonamides is 1. The molecule has 162 valence electrons. The Labute approximate surface area is 180 Å². The van der Waals surface area contributed by atoms with Gasteiger partial charge in [0.25, 0.3) is 0 Å². The van der Waals surface area contributed by atoms with E-state index in [0.717, 1.165) is 42.4 Å². The molecular formula is C21H24N6O3S. The maximum absolute atomic E-state index is 12.5. The normalized spacial score (nSPS) is 15.0. The van der Waals surface area contributed by atoms with E-state index in [4.69, 9.17) is 5.14 Å². The highest BCUT2D eigenvalue weighted by Gasteiger charge is 2.20. The standard InChI is InChI=1S/C21H24N6O3S/c22-31(29,30)18-6-4-17(5-7-18)26-21-25-13-16-3-1-2-15(19(16)27-21)12-24-20(28)14-8-10-23-11-9-14/h1-7,13-14,23H,8-12H2,(H,24,28)(H2,22,29,30)(H,25,26,27). The van der Waals surface area contributed by atoms with Crippen LogP contribution in [0.25, 0.3) is 10.9 Å². The first-order valence-electron chi connectivity index (χ1n) is 10.0. The van der Waals surface area contributed by atoms with Crippen LogP contribution < -0.4 is 21.1 Å². The molecule has 0 spiro atoms. The van der Waals surface area contributed by atoms with Gasteiger partial charge in [0.15, 0.2) is 0 Å². The Balaban J connectivity index is 1.50. The maximum atomic E-state index is 12.5. The zero-order valence-corrected chi connectivity index (χ0v) is 17.7. The number of aromatic nitrogens is 2. The summed E-state index contributed by atoms with van der Waals surface area (Å²) < 4.78 is 22.8. The van der Waals surface area contributed by atoms with E-state index in [9.17, 15) is 13.2 Å². The molecule has 1 saturated heterocycles. The zero-order chi connectivity index (χ0) is 21.8. The summed E-state index contributed by atoms with van der Waals surface area (Å²) in [7, 11) is -3.75. The molecule has 0 unspecified atom stereocenters. The molecule has 4 rings (SSSR count). The first-order valence-corrected chi connectivity index (χ1v) is 11.6. The quantitative estimate of drug-likeness (QED) is 0.457. The molecule has 1 aliphatic rings. The summed E-state index contributed by atoms with van der Waals surface area (Å²) in [6, 6.07) is 11.8. The molecule has 3 aromatic rings. The van der Waals surface area contributed by atoms with Crippen LogP contribution in [0.15, 0.2) is 53.6 Å². The SMILES string of the molecule is NS(=O)(=O)c1ccc(Nc2ncc3cccc(CNC(=O)C4CCNCC4)c3n2)cc1. The van der Waals surface area contributed by atoms with E-state index in [1.54, 1.807) is 18.3 Å². The molecule has 0 aliphatic carbocycles. The number of fused-ring (bicyclic) bond motifs is 1. The van der Waals surface area contributed by atoms with Crippen molar-refractivity contribution < 1.29 is 13.2 Å². The molecule has 31 heavy (non-hydrogen) atoms. The van der Waals surface area contributed by atoms with Gasteiger partial charge in [-0.2, -0.15) is 0 Å². The smallest absolute Gasteiger partial charge is 0.238 e. The predicted molar refractivity (Wildman–Crippen MR) is 118 cm³/mol. The van der Waals surface area contributed by atoms with Crippen molar-refractivity contribution in [1.82, 2.24) is 20.6 Å². The monoisotopic (exact) mass is 440 g/mol. The van der Waals surface area contributed by atoms with Crippen molar-refractivity contribution in [3.05, 3.63) is 54.2 Å². The summed E-state index contributed by atoms with van der Waals surface area (Å²) in [5.74, 6) is 0.484. The molecule has 10 heteroatoms. The summed E-state index contributed by atoms with van der Waals surface area (Å²) in [5.41, 5.74) is 2.27. The van der Waals surface area contributed by atoms with Crippen LogP contribution in [0.1, 0.15) is 18.4 Å². The fourth-order valence-corrected chi connectivity index (χ4v) is 4.10. The Morgan fingerprint density at radius 2 is 1.87 bits per heavy atom. The van der Waals surface area contributed by atoms with Gasteiger partial charge in [-0.25, -0.2) is 23.5 Å². The van der Waals surface area contributed by atoms with E-state index in [-0.39, 0.29) is 16.7 Å². The minimum atomic E-state index is -3.75. The second-order valence-corrected chi connectivity index (χ2v) is 9.05. The maximum Gasteiger partial charge on any atom is 0.238 e. The average Bonchev–Trinajstić information content (AvgIpc) is 2.78. The van der Waals surface area contributed by atoms with Crippen LogP contribution in [0.3, 0.4) is 0 Å². The highest BCUT2D eigenvalue weighted by molar-refractivity contribution is 7.89. The van der Waals surface area contributed by atoms with Crippen molar-refractivity contribution in [1.29, 1.82) is 0 Å². The number of nitrogens with zero attached hydrogens (tertiary/aromatic N) is 2. The summed E-state index contributed by atoms with van der Waals surface area (Å²) in [5, 5.41) is 15.4. The van der Waals surface area contributed by atoms with E-state index in [0.29, 0.717) is 18.2 Å². The van der Waals surface area contributed by atoms with Gasteiger partial charge in [0, 0.05) is 29.7 Å². The Kier molecular flexibility index (Phi) is 6.12. The number of amides is 1. The number of benzene rings is 2. The number of anilines is 2. The molecule has 1 amide bonds. The number of primary sulfonamides is 1. The minimum Gasteiger partial charge on any atom is -0.352 e. The van der Waals surface area contributed by atoms with Gasteiger partial charge in [-0.3, -0.25) is 4.79 Å². The molecule has 0 radical (unpaired) electrons. The summed E-state index contributed by atoms with van der Waals surface area (Å²) in [6.45, 7) is 2.12. The molecule has 1 aliphatic heterocycles. The Hall–Kier alpha value is -3.08. The first-order chi connectivity index (χ1) is 14.9. The number of rotatable bonds is 6. The van der Waals surface area contributed by atoms with E-state index in [1.807, 2.05) is 18.2 Å². The van der Waals surface area contributed by atoms with Crippen LogP contribution in [0.5, 0.6) is 0 Å². The molecule has 2 aromatic carbocycles. The summed E-state index contributed by atoms with van der Waals surface area (Å²) in [4.78, 5) is 21.4. The van der Waals surface area contributed by atoms with E-state index in [1.165, 1.54) is 12.1 Å². The van der Waals surface area contributed by atoms with Gasteiger partial charge in [-0.1, -0.05) is 18.2 Å². The van der Waals surface area contributed by atoms with Gasteiger partial charge in [0.05, 0.1) is 10.4 Å². The van der Waals surface area contributed by atoms with E-state index < -0.39 is 10.0 Å². The van der Waals surface area contributed by atoms with Crippen LogP contribution in [0, 0.1) is 5.92 Å². The first kappa shape index (κ1) is 21.2. The molecule has 1 fully saturated rings. The lowest BCUT2D eigenvalue weighted by molar-refractivity contribution is -0.125. The number of nitrogens with one attached hydrogen (secondary N) is 3. The number of piperidine rings is 1. The molecular weight excluding hydrogens is 416 g/mol. The highest BCUT2D eigenvalue weighted by Crippen LogP contribution is 2.21. The minimum absolute atomic E-state index is 0.0317. The Morgan fingerprint density at radius 3 is 2.58 bits per heavy atom. The van der Waals surface area contributed by atoms with Gasteiger partial charge < -0.3 is 16.0 Å². The Bertz CT molecular complexity index is 1190. The Morgan fingerprint density at radius 1 is 1.13 bits per heavy atom. The third kappa shape index (κ3) is 5.16. The fraction of sp³-hybridized carbons (Fsp3) is 0.286. The van der Waals surface area contributed by atoms with Crippen LogP contribution in [-0.2, 0) is 21.4 Å². The molecule has 0 atom stereocenters. The topological polar surface area (TPSA) is 139 Å². The van der Waals surface area contributed by atoms with Crippen LogP contribution in [0.2, 0.25) is 0 Å². The van der Waals surface area contributed by atoms with Crippen molar-refractivity contribution in [2.75, 3.05) is 18.4 Å². The van der Waals surface area contributed by atoms with Crippen molar-refractivity contribution in [3.8, 4) is 0 Å². The molecule has 0 bridgehead atoms. The van der Waals surface area contributed by atoms with Crippen molar-refractivity contribution in [2.24, 2.45) is 11.1 Å². The number of carbonyl (C=O) groups excluding carboxylic acids is 1. The second kappa shape index (κ2) is 8.96. The van der Waals surface area contributed by atoms with Gasteiger partial charge in [-0.05, 0) is 55.8 Å². The largest absolute Gasteiger partial charge is 0.352 e. The third-order valence-corrected chi connectivity index (χ3v) is 6.23. The predicted octanol–water partition coefficient (Wildman–Crippen LogP) is 1.64. The molecule has 1 aromatic heterocycles. The van der Waals surface area contributed by atoms with Crippen molar-refractivity contribution in [3.63, 3.8) is 0 Å². The second-order valence-electron chi connectivity index (χ2n) is 7.49. The molecule has 0 saturated carbocycles. The van der Waals surface area contributed by atoms with Crippen LogP contribution in [0.4, 0.5) is 11.6 Å². The van der Waals surface area contributed by atoms with Crippen LogP contribution >= 0.6 is 0 Å². The number of nitrogens with two attached hydrogens (primary N) is 1. The molecule has 5 N–H and O–H groups in total. The van der Waals surface area contributed by atoms with Crippen molar-refractivity contribution >= 4 is 38.5 Å². The van der Waals surface area contributed by atoms with E-state index in [2.05, 4.69) is 25.9 Å². The van der Waals surface area contributed by atoms with Crippen LogP contribution in [-0.4, -0.2) is 37.4 Å². The lowest BCUT2D eigenvalue weighted by Gasteiger charge is -2.21. The number of carbonyl (C=O) groups is 1. The number of hydrogen-bond acceptors (Lipinski definition) is 7. The lowest BCUT2D eigenvalue weighted by atomic mass is 9.97. The molecule has 2 heterocycles. The van der Waals surface area contributed by atoms with Gasteiger partial charge in [0.1, 0.15) is 0 Å². The average molecular weight is 441 g/mol. The highest BCUT2D eigenvalue weighted by atomic mass is 32.2. The van der Waals surface area contributed by atoms with Gasteiger partial charge in [0.2, 0.25) is 21.9 Å². The zero-order valence-electron chi connectivity index (χ0n) is 16.8.